The molecule has 4 N–H and O–H groups in total. The molecule has 0 aliphatic carbocycles. The topological polar surface area (TPSA) is 69.7 Å². The van der Waals surface area contributed by atoms with Crippen LogP contribution >= 0.6 is 0 Å². The summed E-state index contributed by atoms with van der Waals surface area (Å²) in [5.74, 6) is 0. The predicted octanol–water partition coefficient (Wildman–Crippen LogP) is 1.22. The molecule has 1 atom stereocenters. The second-order valence-corrected chi connectivity index (χ2v) is 5.57. The number of hydrogen-bond acceptors (Lipinski definition) is 4. The lowest BCUT2D eigenvalue weighted by atomic mass is 9.83. The summed E-state index contributed by atoms with van der Waals surface area (Å²) in [5, 5.41) is 17.4. The first-order valence-corrected chi connectivity index (χ1v) is 7.52. The van der Waals surface area contributed by atoms with E-state index < -0.39 is 7.12 Å². The maximum atomic E-state index is 8.72. The molecular weight excluding hydrogens is 227 g/mol. The molecule has 1 heterocycles. The normalized spacial score (nSPS) is 18.8. The standard InChI is InChI=1S/C13H29BN2O2/c15-13(7-2-3-9-14(17)18)8-6-12-16-10-4-1-5-11-16/h13,17-18H,1-12,15H2. The van der Waals surface area contributed by atoms with Crippen LogP contribution in [-0.2, 0) is 0 Å². The van der Waals surface area contributed by atoms with Gasteiger partial charge in [0.05, 0.1) is 0 Å². The second kappa shape index (κ2) is 9.79. The van der Waals surface area contributed by atoms with Crippen LogP contribution in [0.3, 0.4) is 0 Å². The fraction of sp³-hybridized carbons (Fsp3) is 1.00. The molecule has 1 aliphatic rings. The minimum Gasteiger partial charge on any atom is -0.427 e. The molecule has 1 aliphatic heterocycles. The average molecular weight is 256 g/mol. The summed E-state index contributed by atoms with van der Waals surface area (Å²) in [4.78, 5) is 2.55. The zero-order valence-electron chi connectivity index (χ0n) is 11.6. The zero-order chi connectivity index (χ0) is 13.2. The van der Waals surface area contributed by atoms with Crippen molar-refractivity contribution in [3.63, 3.8) is 0 Å². The molecule has 0 bridgehead atoms. The molecule has 0 aromatic heterocycles. The van der Waals surface area contributed by atoms with Crippen LogP contribution < -0.4 is 5.73 Å². The van der Waals surface area contributed by atoms with Gasteiger partial charge in [0.15, 0.2) is 0 Å². The first-order chi connectivity index (χ1) is 8.68. The van der Waals surface area contributed by atoms with E-state index in [2.05, 4.69) is 4.90 Å². The summed E-state index contributed by atoms with van der Waals surface area (Å²) >= 11 is 0. The average Bonchev–Trinajstić information content (AvgIpc) is 2.36. The van der Waals surface area contributed by atoms with Crippen LogP contribution in [0.2, 0.25) is 6.32 Å². The van der Waals surface area contributed by atoms with Gasteiger partial charge in [-0.15, -0.1) is 0 Å². The summed E-state index contributed by atoms with van der Waals surface area (Å²) in [6, 6.07) is 0.283. The van der Waals surface area contributed by atoms with Gasteiger partial charge in [-0.3, -0.25) is 0 Å². The van der Waals surface area contributed by atoms with Crippen molar-refractivity contribution in [1.82, 2.24) is 4.90 Å². The van der Waals surface area contributed by atoms with Gasteiger partial charge in [0.2, 0.25) is 0 Å². The minimum atomic E-state index is -1.15. The third kappa shape index (κ3) is 8.09. The molecule has 0 aromatic carbocycles. The van der Waals surface area contributed by atoms with Crippen molar-refractivity contribution in [2.75, 3.05) is 19.6 Å². The highest BCUT2D eigenvalue weighted by Gasteiger charge is 2.11. The highest BCUT2D eigenvalue weighted by Crippen LogP contribution is 2.11. The van der Waals surface area contributed by atoms with Crippen LogP contribution in [0.1, 0.15) is 51.4 Å². The highest BCUT2D eigenvalue weighted by molar-refractivity contribution is 6.40. The van der Waals surface area contributed by atoms with Crippen molar-refractivity contribution in [3.8, 4) is 0 Å². The summed E-state index contributed by atoms with van der Waals surface area (Å²) in [7, 11) is -1.15. The van der Waals surface area contributed by atoms with Crippen LogP contribution in [0, 0.1) is 0 Å². The van der Waals surface area contributed by atoms with Crippen molar-refractivity contribution in [3.05, 3.63) is 0 Å². The maximum Gasteiger partial charge on any atom is 0.451 e. The first-order valence-electron chi connectivity index (χ1n) is 7.52. The fourth-order valence-corrected chi connectivity index (χ4v) is 2.64. The Labute approximate surface area is 112 Å². The zero-order valence-corrected chi connectivity index (χ0v) is 11.6. The molecule has 1 fully saturated rings. The molecule has 0 saturated carbocycles. The molecule has 106 valence electrons. The summed E-state index contributed by atoms with van der Waals surface area (Å²) < 4.78 is 0. The van der Waals surface area contributed by atoms with E-state index in [4.69, 9.17) is 15.8 Å². The molecule has 1 saturated heterocycles. The van der Waals surface area contributed by atoms with Crippen LogP contribution in [0.15, 0.2) is 0 Å². The van der Waals surface area contributed by atoms with Crippen LogP contribution in [0.5, 0.6) is 0 Å². The van der Waals surface area contributed by atoms with Gasteiger partial charge in [-0.25, -0.2) is 0 Å². The van der Waals surface area contributed by atoms with Crippen LogP contribution in [0.25, 0.3) is 0 Å². The Hall–Kier alpha value is -0.0951. The van der Waals surface area contributed by atoms with E-state index in [9.17, 15) is 0 Å². The summed E-state index contributed by atoms with van der Waals surface area (Å²) in [6.07, 6.45) is 9.74. The fourth-order valence-electron chi connectivity index (χ4n) is 2.64. The number of nitrogens with two attached hydrogens (primary N) is 1. The second-order valence-electron chi connectivity index (χ2n) is 5.57. The molecule has 1 rings (SSSR count). The number of rotatable bonds is 9. The molecule has 0 amide bonds. The molecule has 0 spiro atoms. The van der Waals surface area contributed by atoms with Crippen molar-refractivity contribution >= 4 is 7.12 Å². The van der Waals surface area contributed by atoms with E-state index in [0.717, 1.165) is 25.7 Å². The lowest BCUT2D eigenvalue weighted by molar-refractivity contribution is 0.222. The van der Waals surface area contributed by atoms with Gasteiger partial charge in [-0.2, -0.15) is 0 Å². The van der Waals surface area contributed by atoms with Crippen LogP contribution in [-0.4, -0.2) is 47.7 Å². The van der Waals surface area contributed by atoms with Crippen LogP contribution in [0.4, 0.5) is 0 Å². The van der Waals surface area contributed by atoms with Crippen molar-refractivity contribution in [2.24, 2.45) is 5.73 Å². The largest absolute Gasteiger partial charge is 0.451 e. The van der Waals surface area contributed by atoms with E-state index in [-0.39, 0.29) is 6.04 Å². The molecule has 5 heteroatoms. The van der Waals surface area contributed by atoms with E-state index in [0.29, 0.717) is 6.32 Å². The number of likely N-dealkylation sites (tertiary alicyclic amines) is 1. The minimum absolute atomic E-state index is 0.283. The molecule has 0 radical (unpaired) electrons. The van der Waals surface area contributed by atoms with Gasteiger partial charge in [-0.1, -0.05) is 19.3 Å². The number of hydrogen-bond donors (Lipinski definition) is 3. The number of unbranched alkanes of at least 4 members (excludes halogenated alkanes) is 1. The Morgan fingerprint density at radius 2 is 1.67 bits per heavy atom. The molecule has 18 heavy (non-hydrogen) atoms. The monoisotopic (exact) mass is 256 g/mol. The third-order valence-corrected chi connectivity index (χ3v) is 3.79. The Morgan fingerprint density at radius 1 is 1.00 bits per heavy atom. The SMILES string of the molecule is NC(CCCCB(O)O)CCCN1CCCCC1. The maximum absolute atomic E-state index is 8.72. The van der Waals surface area contributed by atoms with E-state index in [1.807, 2.05) is 0 Å². The lowest BCUT2D eigenvalue weighted by Crippen LogP contribution is -2.31. The molecule has 0 aromatic rings. The van der Waals surface area contributed by atoms with E-state index >= 15 is 0 Å². The van der Waals surface area contributed by atoms with Gasteiger partial charge in [0, 0.05) is 6.04 Å². The Bertz CT molecular complexity index is 199. The highest BCUT2D eigenvalue weighted by atomic mass is 16.4. The third-order valence-electron chi connectivity index (χ3n) is 3.79. The number of nitrogens with zero attached hydrogens (tertiary/aromatic N) is 1. The Kier molecular flexibility index (Phi) is 8.68. The summed E-state index contributed by atoms with van der Waals surface area (Å²) in [6.45, 7) is 3.73. The molecule has 1 unspecified atom stereocenters. The molecule has 4 nitrogen and oxygen atoms in total. The first kappa shape index (κ1) is 16.0. The van der Waals surface area contributed by atoms with Crippen molar-refractivity contribution in [1.29, 1.82) is 0 Å². The summed E-state index contributed by atoms with van der Waals surface area (Å²) in [5.41, 5.74) is 6.06. The molecular formula is C13H29BN2O2. The van der Waals surface area contributed by atoms with Crippen molar-refractivity contribution < 1.29 is 10.0 Å². The number of piperidine rings is 1. The van der Waals surface area contributed by atoms with Gasteiger partial charge in [0.1, 0.15) is 0 Å². The smallest absolute Gasteiger partial charge is 0.427 e. The van der Waals surface area contributed by atoms with Gasteiger partial charge in [-0.05, 0) is 58.1 Å². The van der Waals surface area contributed by atoms with Gasteiger partial charge in [0.25, 0.3) is 0 Å². The van der Waals surface area contributed by atoms with Gasteiger partial charge >= 0.3 is 7.12 Å². The van der Waals surface area contributed by atoms with Gasteiger partial charge < -0.3 is 20.7 Å². The Balaban J connectivity index is 1.91. The predicted molar refractivity (Wildman–Crippen MR) is 76.4 cm³/mol. The van der Waals surface area contributed by atoms with E-state index in [1.54, 1.807) is 0 Å². The quantitative estimate of drug-likeness (QED) is 0.428. The Morgan fingerprint density at radius 3 is 2.33 bits per heavy atom. The van der Waals surface area contributed by atoms with Crippen molar-refractivity contribution in [2.45, 2.75) is 63.7 Å². The van der Waals surface area contributed by atoms with E-state index in [1.165, 1.54) is 45.3 Å². The lowest BCUT2D eigenvalue weighted by Gasteiger charge is -2.26.